The van der Waals surface area contributed by atoms with Crippen LogP contribution in [0.4, 0.5) is 14.4 Å². The normalized spacial score (nSPS) is 13.8. The number of benzene rings is 1. The first-order chi connectivity index (χ1) is 18.0. The zero-order valence-electron chi connectivity index (χ0n) is 22.9. The molecule has 0 bridgehead atoms. The first-order valence-electron chi connectivity index (χ1n) is 12.5. The number of methoxy groups -OCH3 is 1. The van der Waals surface area contributed by atoms with Gasteiger partial charge in [0.15, 0.2) is 11.5 Å². The summed E-state index contributed by atoms with van der Waals surface area (Å²) >= 11 is 0. The molecule has 0 saturated carbocycles. The summed E-state index contributed by atoms with van der Waals surface area (Å²) < 4.78 is 35.5. The SMILES string of the molecule is CCCOC(=O)OCC[C@@](N)(Cc1ccc(OC(=O)O[C@@H](C)CC)c(OC(=O)OC(C)CC)c1)C(=O)OC. The van der Waals surface area contributed by atoms with Gasteiger partial charge in [-0.05, 0) is 50.8 Å². The maximum atomic E-state index is 12.5. The van der Waals surface area contributed by atoms with Crippen molar-refractivity contribution in [3.8, 4) is 11.5 Å². The van der Waals surface area contributed by atoms with Gasteiger partial charge in [0, 0.05) is 12.8 Å². The molecule has 1 aromatic carbocycles. The first kappa shape index (κ1) is 32.5. The molecule has 0 aliphatic carbocycles. The summed E-state index contributed by atoms with van der Waals surface area (Å²) in [6, 6.07) is 4.28. The maximum absolute atomic E-state index is 12.5. The second kappa shape index (κ2) is 16.3. The molecule has 214 valence electrons. The first-order valence-corrected chi connectivity index (χ1v) is 12.5. The average molecular weight is 542 g/mol. The van der Waals surface area contributed by atoms with E-state index in [2.05, 4.69) is 0 Å². The molecular formula is C26H39NO11. The van der Waals surface area contributed by atoms with Gasteiger partial charge in [0.05, 0.1) is 20.3 Å². The smallest absolute Gasteiger partial charge is 0.468 e. The molecule has 0 saturated heterocycles. The van der Waals surface area contributed by atoms with E-state index in [4.69, 9.17) is 38.9 Å². The van der Waals surface area contributed by atoms with E-state index in [1.807, 2.05) is 20.8 Å². The summed E-state index contributed by atoms with van der Waals surface area (Å²) in [5, 5.41) is 0. The maximum Gasteiger partial charge on any atom is 0.514 e. The van der Waals surface area contributed by atoms with Gasteiger partial charge < -0.3 is 38.9 Å². The minimum Gasteiger partial charge on any atom is -0.468 e. The van der Waals surface area contributed by atoms with Crippen molar-refractivity contribution in [2.75, 3.05) is 20.3 Å². The monoisotopic (exact) mass is 541 g/mol. The number of nitrogens with two attached hydrogens (primary N) is 1. The number of carbonyl (C=O) groups excluding carboxylic acids is 4. The number of hydrogen-bond acceptors (Lipinski definition) is 12. The molecule has 0 aliphatic heterocycles. The fraction of sp³-hybridized carbons (Fsp3) is 0.615. The third-order valence-corrected chi connectivity index (χ3v) is 5.44. The standard InChI is InChI=1S/C26H39NO11/c1-7-13-33-23(29)34-14-12-26(27,22(28)32-6)16-19-10-11-20(37-24(30)35-17(4)8-2)21(15-19)38-25(31)36-18(5)9-3/h10-11,15,17-18H,7-9,12-14,16,27H2,1-6H3/t17-,18?,26+/m0/s1. The van der Waals surface area contributed by atoms with Crippen molar-refractivity contribution in [3.05, 3.63) is 23.8 Å². The molecule has 1 rings (SSSR count). The van der Waals surface area contributed by atoms with Crippen LogP contribution in [0.5, 0.6) is 11.5 Å². The van der Waals surface area contributed by atoms with Crippen LogP contribution in [-0.4, -0.2) is 62.5 Å². The lowest BCUT2D eigenvalue weighted by Crippen LogP contribution is -2.51. The van der Waals surface area contributed by atoms with E-state index >= 15 is 0 Å². The van der Waals surface area contributed by atoms with Gasteiger partial charge in [0.25, 0.3) is 0 Å². The second-order valence-electron chi connectivity index (χ2n) is 8.68. The number of esters is 1. The summed E-state index contributed by atoms with van der Waals surface area (Å²) in [6.45, 7) is 8.89. The largest absolute Gasteiger partial charge is 0.514 e. The molecule has 0 aliphatic rings. The Morgan fingerprint density at radius 2 is 1.39 bits per heavy atom. The summed E-state index contributed by atoms with van der Waals surface area (Å²) in [5.74, 6) is -1.01. The van der Waals surface area contributed by atoms with E-state index in [0.29, 0.717) is 24.8 Å². The Labute approximate surface area is 223 Å². The van der Waals surface area contributed by atoms with Crippen LogP contribution in [0.25, 0.3) is 0 Å². The van der Waals surface area contributed by atoms with Crippen molar-refractivity contribution >= 4 is 24.4 Å². The number of carbonyl (C=O) groups is 4. The zero-order valence-corrected chi connectivity index (χ0v) is 22.9. The third kappa shape index (κ3) is 11.2. The van der Waals surface area contributed by atoms with Crippen molar-refractivity contribution in [1.82, 2.24) is 0 Å². The van der Waals surface area contributed by atoms with Crippen LogP contribution in [0, 0.1) is 0 Å². The highest BCUT2D eigenvalue weighted by Gasteiger charge is 2.36. The van der Waals surface area contributed by atoms with Gasteiger partial charge in [0.1, 0.15) is 17.7 Å². The van der Waals surface area contributed by atoms with E-state index in [1.165, 1.54) is 25.3 Å². The van der Waals surface area contributed by atoms with E-state index in [0.717, 1.165) is 0 Å². The van der Waals surface area contributed by atoms with Crippen LogP contribution in [0.1, 0.15) is 65.9 Å². The molecule has 12 nitrogen and oxygen atoms in total. The number of hydrogen-bond donors (Lipinski definition) is 1. The minimum atomic E-state index is -1.61. The lowest BCUT2D eigenvalue weighted by Gasteiger charge is -2.26. The molecule has 0 heterocycles. The zero-order chi connectivity index (χ0) is 28.7. The van der Waals surface area contributed by atoms with Crippen molar-refractivity contribution in [1.29, 1.82) is 0 Å². The molecule has 1 unspecified atom stereocenters. The third-order valence-electron chi connectivity index (χ3n) is 5.44. The Balaban J connectivity index is 3.16. The highest BCUT2D eigenvalue weighted by molar-refractivity contribution is 5.81. The van der Waals surface area contributed by atoms with Crippen molar-refractivity contribution < 1.29 is 52.3 Å². The van der Waals surface area contributed by atoms with Gasteiger partial charge in [-0.2, -0.15) is 0 Å². The molecule has 0 radical (unpaired) electrons. The van der Waals surface area contributed by atoms with Crippen LogP contribution in [0.2, 0.25) is 0 Å². The van der Waals surface area contributed by atoms with Crippen molar-refractivity contribution in [3.63, 3.8) is 0 Å². The molecule has 2 N–H and O–H groups in total. The topological polar surface area (TPSA) is 159 Å². The Morgan fingerprint density at radius 3 is 1.92 bits per heavy atom. The Hall–Kier alpha value is -3.54. The van der Waals surface area contributed by atoms with Crippen LogP contribution < -0.4 is 15.2 Å². The summed E-state index contributed by atoms with van der Waals surface area (Å²) in [5.41, 5.74) is 5.18. The Morgan fingerprint density at radius 1 is 0.842 bits per heavy atom. The van der Waals surface area contributed by atoms with Crippen molar-refractivity contribution in [2.24, 2.45) is 5.73 Å². The minimum absolute atomic E-state index is 0.0906. The van der Waals surface area contributed by atoms with Gasteiger partial charge in [-0.15, -0.1) is 0 Å². The fourth-order valence-corrected chi connectivity index (χ4v) is 2.92. The molecule has 3 atom stereocenters. The summed E-state index contributed by atoms with van der Waals surface area (Å²) in [7, 11) is 1.18. The quantitative estimate of drug-likeness (QED) is 0.197. The molecule has 0 amide bonds. The Bertz CT molecular complexity index is 936. The average Bonchev–Trinajstić information content (AvgIpc) is 2.87. The molecule has 12 heteroatoms. The Kier molecular flexibility index (Phi) is 14.0. The second-order valence-corrected chi connectivity index (χ2v) is 8.68. The van der Waals surface area contributed by atoms with Gasteiger partial charge in [0.2, 0.25) is 0 Å². The van der Waals surface area contributed by atoms with Gasteiger partial charge in [-0.1, -0.05) is 26.8 Å². The molecular weight excluding hydrogens is 502 g/mol. The van der Waals surface area contributed by atoms with Crippen LogP contribution in [-0.2, 0) is 34.9 Å². The van der Waals surface area contributed by atoms with Crippen LogP contribution in [0.15, 0.2) is 18.2 Å². The lowest BCUT2D eigenvalue weighted by atomic mass is 9.88. The van der Waals surface area contributed by atoms with E-state index in [9.17, 15) is 19.2 Å². The fourth-order valence-electron chi connectivity index (χ4n) is 2.92. The van der Waals surface area contributed by atoms with E-state index < -0.39 is 36.1 Å². The van der Waals surface area contributed by atoms with Gasteiger partial charge in [-0.25, -0.2) is 14.4 Å². The number of ether oxygens (including phenoxy) is 7. The molecule has 0 aromatic heterocycles. The highest BCUT2D eigenvalue weighted by atomic mass is 16.8. The molecule has 0 spiro atoms. The highest BCUT2D eigenvalue weighted by Crippen LogP contribution is 2.31. The van der Waals surface area contributed by atoms with Crippen molar-refractivity contribution in [2.45, 2.75) is 84.5 Å². The predicted molar refractivity (Wildman–Crippen MR) is 135 cm³/mol. The molecule has 0 fully saturated rings. The van der Waals surface area contributed by atoms with Crippen LogP contribution >= 0.6 is 0 Å². The molecule has 38 heavy (non-hydrogen) atoms. The van der Waals surface area contributed by atoms with Gasteiger partial charge in [-0.3, -0.25) is 4.79 Å². The number of rotatable bonds is 14. The molecule has 1 aromatic rings. The van der Waals surface area contributed by atoms with E-state index in [-0.39, 0.29) is 43.7 Å². The lowest BCUT2D eigenvalue weighted by molar-refractivity contribution is -0.147. The predicted octanol–water partition coefficient (Wildman–Crippen LogP) is 4.68. The van der Waals surface area contributed by atoms with Crippen LogP contribution in [0.3, 0.4) is 0 Å². The summed E-state index contributed by atoms with van der Waals surface area (Å²) in [6.07, 6.45) is -2.10. The van der Waals surface area contributed by atoms with Gasteiger partial charge >= 0.3 is 24.4 Å². The summed E-state index contributed by atoms with van der Waals surface area (Å²) in [4.78, 5) is 48.6. The van der Waals surface area contributed by atoms with E-state index in [1.54, 1.807) is 13.8 Å².